The zero-order valence-electron chi connectivity index (χ0n) is 11.1. The fraction of sp³-hybridized carbons (Fsp3) is 0.769. The first-order valence-electron chi connectivity index (χ1n) is 6.34. The van der Waals surface area contributed by atoms with Crippen LogP contribution in [0.3, 0.4) is 0 Å². The molecule has 0 bridgehead atoms. The van der Waals surface area contributed by atoms with Crippen LogP contribution in [0.15, 0.2) is 12.7 Å². The maximum atomic E-state index is 11.6. The van der Waals surface area contributed by atoms with E-state index in [1.165, 1.54) is 11.0 Å². The summed E-state index contributed by atoms with van der Waals surface area (Å²) in [6.45, 7) is 8.25. The van der Waals surface area contributed by atoms with Gasteiger partial charge in [-0.3, -0.25) is 9.69 Å². The third-order valence-corrected chi connectivity index (χ3v) is 2.97. The number of hydrogen-bond acceptors (Lipinski definition) is 3. The van der Waals surface area contributed by atoms with Crippen molar-refractivity contribution < 1.29 is 14.3 Å². The molecule has 0 saturated carbocycles. The molecule has 0 N–H and O–H groups in total. The van der Waals surface area contributed by atoms with Crippen LogP contribution in [0, 0.1) is 0 Å². The fourth-order valence-electron chi connectivity index (χ4n) is 1.86. The van der Waals surface area contributed by atoms with Crippen LogP contribution in [-0.4, -0.2) is 36.5 Å². The largest absolute Gasteiger partial charge is 0.331 e. The quantitative estimate of drug-likeness (QED) is 0.372. The smallest absolute Gasteiger partial charge is 0.282 e. The van der Waals surface area contributed by atoms with Crippen molar-refractivity contribution in [3.63, 3.8) is 0 Å². The lowest BCUT2D eigenvalue weighted by Crippen LogP contribution is -2.43. The zero-order valence-corrected chi connectivity index (χ0v) is 11.1. The van der Waals surface area contributed by atoms with E-state index < -0.39 is 5.91 Å². The summed E-state index contributed by atoms with van der Waals surface area (Å²) in [7, 11) is 1.70. The summed E-state index contributed by atoms with van der Waals surface area (Å²) in [6, 6.07) is 0. The minimum Gasteiger partial charge on any atom is -0.331 e. The number of carbonyl (C=O) groups excluding carboxylic acids is 1. The molecule has 0 aromatic heterocycles. The van der Waals surface area contributed by atoms with Crippen LogP contribution in [0.2, 0.25) is 0 Å². The molecule has 1 aliphatic heterocycles. The molecule has 98 valence electrons. The predicted molar refractivity (Wildman–Crippen MR) is 66.3 cm³/mol. The Bertz CT molecular complexity index is 280. The molecule has 1 rings (SSSR count). The molecule has 4 heteroatoms. The second-order valence-corrected chi connectivity index (χ2v) is 4.33. The first kappa shape index (κ1) is 14.2. The van der Waals surface area contributed by atoms with E-state index in [9.17, 15) is 4.79 Å². The van der Waals surface area contributed by atoms with Gasteiger partial charge in [0, 0.05) is 7.05 Å². The van der Waals surface area contributed by atoms with E-state index in [0.717, 1.165) is 25.7 Å². The van der Waals surface area contributed by atoms with Crippen molar-refractivity contribution in [2.75, 3.05) is 13.7 Å². The molecule has 2 unspecified atom stereocenters. The highest BCUT2D eigenvalue weighted by atomic mass is 16.8. The Morgan fingerprint density at radius 1 is 1.53 bits per heavy atom. The molecule has 0 aromatic rings. The lowest BCUT2D eigenvalue weighted by atomic mass is 10.2. The van der Waals surface area contributed by atoms with E-state index in [1.807, 2.05) is 6.92 Å². The topological polar surface area (TPSA) is 42.1 Å². The summed E-state index contributed by atoms with van der Waals surface area (Å²) in [4.78, 5) is 13.1. The molecule has 2 atom stereocenters. The van der Waals surface area contributed by atoms with Crippen LogP contribution >= 0.6 is 0 Å². The molecule has 1 fully saturated rings. The Labute approximate surface area is 104 Å². The third kappa shape index (κ3) is 3.07. The summed E-state index contributed by atoms with van der Waals surface area (Å²) in [5, 5.41) is 0. The Morgan fingerprint density at radius 3 is 2.76 bits per heavy atom. The number of hydrogen-bond donors (Lipinski definition) is 0. The molecule has 17 heavy (non-hydrogen) atoms. The molecule has 0 spiro atoms. The molecular formula is C13H23NO3. The number of likely N-dealkylation sites (N-methyl/N-ethyl adjacent to an activating group) is 1. The Hall–Kier alpha value is -0.870. The second kappa shape index (κ2) is 6.17. The number of rotatable bonds is 8. The third-order valence-electron chi connectivity index (χ3n) is 2.97. The summed E-state index contributed by atoms with van der Waals surface area (Å²) in [5.74, 6) is -1.00. The second-order valence-electron chi connectivity index (χ2n) is 4.33. The molecular weight excluding hydrogens is 218 g/mol. The maximum Gasteiger partial charge on any atom is 0.282 e. The van der Waals surface area contributed by atoms with Crippen molar-refractivity contribution in [1.82, 2.24) is 4.90 Å². The number of ether oxygens (including phenoxy) is 2. The van der Waals surface area contributed by atoms with E-state index in [4.69, 9.17) is 9.47 Å². The average Bonchev–Trinajstić information content (AvgIpc) is 3.06. The molecule has 0 radical (unpaired) electrons. The Morgan fingerprint density at radius 2 is 2.24 bits per heavy atom. The van der Waals surface area contributed by atoms with Crippen LogP contribution < -0.4 is 0 Å². The van der Waals surface area contributed by atoms with Crippen molar-refractivity contribution in [3.8, 4) is 0 Å². The minimum absolute atomic E-state index is 0.00269. The van der Waals surface area contributed by atoms with Gasteiger partial charge in [-0.1, -0.05) is 33.3 Å². The number of amides is 1. The van der Waals surface area contributed by atoms with Crippen molar-refractivity contribution in [3.05, 3.63) is 12.7 Å². The molecule has 0 aliphatic carbocycles. The van der Waals surface area contributed by atoms with Gasteiger partial charge in [0.05, 0.1) is 6.61 Å². The summed E-state index contributed by atoms with van der Waals surface area (Å²) >= 11 is 0. The van der Waals surface area contributed by atoms with Crippen LogP contribution in [0.1, 0.15) is 39.5 Å². The zero-order chi connectivity index (χ0) is 12.9. The van der Waals surface area contributed by atoms with Crippen LogP contribution in [-0.2, 0) is 14.3 Å². The summed E-state index contributed by atoms with van der Waals surface area (Å²) in [6.07, 6.45) is 5.32. The van der Waals surface area contributed by atoms with Crippen LogP contribution in [0.4, 0.5) is 0 Å². The Kier molecular flexibility index (Phi) is 5.15. The SMILES string of the molecule is C=CC(=O)N(C)C1(OCCC)OC1CCCC. The van der Waals surface area contributed by atoms with Gasteiger partial charge in [-0.2, -0.15) is 0 Å². The molecule has 0 aromatic carbocycles. The van der Waals surface area contributed by atoms with Gasteiger partial charge >= 0.3 is 0 Å². The monoisotopic (exact) mass is 241 g/mol. The number of unbranched alkanes of at least 4 members (excludes halogenated alkanes) is 1. The number of epoxide rings is 1. The molecule has 1 amide bonds. The van der Waals surface area contributed by atoms with Crippen LogP contribution in [0.5, 0.6) is 0 Å². The van der Waals surface area contributed by atoms with Crippen molar-refractivity contribution in [1.29, 1.82) is 0 Å². The predicted octanol–water partition coefficient (Wildman–Crippen LogP) is 2.30. The standard InChI is InChI=1S/C13H23NO3/c1-5-8-9-11-13(17-11,16-10-6-2)14(4)12(15)7-3/h7,11H,3,5-6,8-10H2,1-2,4H3. The molecule has 1 aliphatic rings. The number of carbonyl (C=O) groups is 1. The molecule has 4 nitrogen and oxygen atoms in total. The number of nitrogens with zero attached hydrogens (tertiary/aromatic N) is 1. The summed E-state index contributed by atoms with van der Waals surface area (Å²) < 4.78 is 11.3. The van der Waals surface area contributed by atoms with Crippen LogP contribution in [0.25, 0.3) is 0 Å². The van der Waals surface area contributed by atoms with Gasteiger partial charge in [-0.05, 0) is 18.9 Å². The van der Waals surface area contributed by atoms with Crippen molar-refractivity contribution >= 4 is 5.91 Å². The van der Waals surface area contributed by atoms with E-state index in [-0.39, 0.29) is 12.0 Å². The van der Waals surface area contributed by atoms with Crippen molar-refractivity contribution in [2.45, 2.75) is 51.5 Å². The molecule has 1 heterocycles. The van der Waals surface area contributed by atoms with E-state index in [0.29, 0.717) is 6.61 Å². The lowest BCUT2D eigenvalue weighted by Gasteiger charge is -2.24. The van der Waals surface area contributed by atoms with Gasteiger partial charge in [-0.15, -0.1) is 0 Å². The van der Waals surface area contributed by atoms with Crippen molar-refractivity contribution in [2.24, 2.45) is 0 Å². The van der Waals surface area contributed by atoms with Gasteiger partial charge in [0.15, 0.2) is 0 Å². The Balaban J connectivity index is 2.62. The first-order chi connectivity index (χ1) is 8.12. The highest BCUT2D eigenvalue weighted by molar-refractivity contribution is 5.87. The van der Waals surface area contributed by atoms with E-state index in [1.54, 1.807) is 7.05 Å². The summed E-state index contributed by atoms with van der Waals surface area (Å²) in [5.41, 5.74) is 0. The lowest BCUT2D eigenvalue weighted by molar-refractivity contribution is -0.164. The average molecular weight is 241 g/mol. The van der Waals surface area contributed by atoms with Gasteiger partial charge in [0.2, 0.25) is 5.91 Å². The van der Waals surface area contributed by atoms with Gasteiger partial charge in [-0.25, -0.2) is 0 Å². The minimum atomic E-state index is -0.837. The molecule has 1 saturated heterocycles. The highest BCUT2D eigenvalue weighted by Crippen LogP contribution is 2.43. The normalized spacial score (nSPS) is 26.6. The van der Waals surface area contributed by atoms with Gasteiger partial charge in [0.1, 0.15) is 6.10 Å². The van der Waals surface area contributed by atoms with Gasteiger partial charge < -0.3 is 9.47 Å². The van der Waals surface area contributed by atoms with E-state index in [2.05, 4.69) is 13.5 Å². The first-order valence-corrected chi connectivity index (χ1v) is 6.34. The maximum absolute atomic E-state index is 11.6. The highest BCUT2D eigenvalue weighted by Gasteiger charge is 2.62. The fourth-order valence-corrected chi connectivity index (χ4v) is 1.86. The van der Waals surface area contributed by atoms with Gasteiger partial charge in [0.25, 0.3) is 5.91 Å². The van der Waals surface area contributed by atoms with E-state index >= 15 is 0 Å².